The molecule has 31 heavy (non-hydrogen) atoms. The Balaban J connectivity index is 1.82. The molecule has 2 atom stereocenters. The van der Waals surface area contributed by atoms with Crippen molar-refractivity contribution in [3.8, 4) is 0 Å². The minimum absolute atomic E-state index is 0.0922. The number of carbonyl (C=O) groups is 2. The van der Waals surface area contributed by atoms with Gasteiger partial charge in [0.1, 0.15) is 0 Å². The molecule has 0 spiro atoms. The Bertz CT molecular complexity index is 916. The number of benzene rings is 2. The Labute approximate surface area is 179 Å². The van der Waals surface area contributed by atoms with Gasteiger partial charge in [-0.2, -0.15) is 13.2 Å². The topological polar surface area (TPSA) is 61.4 Å². The summed E-state index contributed by atoms with van der Waals surface area (Å²) in [6, 6.07) is 13.9. The average Bonchev–Trinajstić information content (AvgIpc) is 3.18. The van der Waals surface area contributed by atoms with E-state index in [1.165, 1.54) is 11.0 Å². The highest BCUT2D eigenvalue weighted by Gasteiger charge is 2.41. The summed E-state index contributed by atoms with van der Waals surface area (Å²) >= 11 is 0. The lowest BCUT2D eigenvalue weighted by atomic mass is 9.87. The van der Waals surface area contributed by atoms with Crippen molar-refractivity contribution >= 4 is 11.9 Å². The van der Waals surface area contributed by atoms with E-state index in [9.17, 15) is 22.8 Å². The summed E-state index contributed by atoms with van der Waals surface area (Å²) in [5.74, 6) is -1.47. The second-order valence-corrected chi connectivity index (χ2v) is 8.05. The third-order valence-electron chi connectivity index (χ3n) is 5.31. The van der Waals surface area contributed by atoms with E-state index in [1.54, 1.807) is 6.07 Å². The van der Waals surface area contributed by atoms with Gasteiger partial charge in [-0.05, 0) is 31.0 Å². The number of rotatable bonds is 5. The molecule has 1 heterocycles. The molecule has 3 rings (SSSR count). The standard InChI is InChI=1S/C23H26F3N3O2/c1-15(2)28-22(31)29-13-19(17-9-6-10-18(11-17)23(24,25)26)20(14-29)21(30)27-12-16-7-4-3-5-8-16/h3-11,15,19-20H,12-14H2,1-2H3,(H,27,30)(H,28,31)/t19-,20-/m0/s1. The van der Waals surface area contributed by atoms with Gasteiger partial charge in [-0.25, -0.2) is 4.79 Å². The van der Waals surface area contributed by atoms with E-state index in [-0.39, 0.29) is 31.1 Å². The lowest BCUT2D eigenvalue weighted by Crippen LogP contribution is -2.42. The molecule has 2 N–H and O–H groups in total. The molecule has 166 valence electrons. The van der Waals surface area contributed by atoms with Crippen LogP contribution < -0.4 is 10.6 Å². The van der Waals surface area contributed by atoms with Crippen LogP contribution in [0.2, 0.25) is 0 Å². The van der Waals surface area contributed by atoms with Crippen molar-refractivity contribution in [2.45, 2.75) is 38.5 Å². The summed E-state index contributed by atoms with van der Waals surface area (Å²) in [4.78, 5) is 27.0. The monoisotopic (exact) mass is 433 g/mol. The number of nitrogens with zero attached hydrogens (tertiary/aromatic N) is 1. The van der Waals surface area contributed by atoms with Gasteiger partial charge in [-0.1, -0.05) is 48.5 Å². The van der Waals surface area contributed by atoms with Gasteiger partial charge in [0.15, 0.2) is 0 Å². The van der Waals surface area contributed by atoms with Crippen LogP contribution in [0.15, 0.2) is 54.6 Å². The summed E-state index contributed by atoms with van der Waals surface area (Å²) in [7, 11) is 0. The third kappa shape index (κ3) is 5.77. The molecule has 5 nitrogen and oxygen atoms in total. The highest BCUT2D eigenvalue weighted by Crippen LogP contribution is 2.36. The molecule has 2 aromatic rings. The van der Waals surface area contributed by atoms with Crippen molar-refractivity contribution in [1.82, 2.24) is 15.5 Å². The molecular formula is C23H26F3N3O2. The summed E-state index contributed by atoms with van der Waals surface area (Å²) in [5.41, 5.74) is 0.548. The summed E-state index contributed by atoms with van der Waals surface area (Å²) in [6.45, 7) is 4.26. The second-order valence-electron chi connectivity index (χ2n) is 8.05. The molecule has 0 aliphatic carbocycles. The minimum Gasteiger partial charge on any atom is -0.352 e. The van der Waals surface area contributed by atoms with Crippen LogP contribution in [0.1, 0.15) is 36.5 Å². The number of urea groups is 1. The molecule has 1 aliphatic heterocycles. The number of alkyl halides is 3. The van der Waals surface area contributed by atoms with E-state index in [1.807, 2.05) is 44.2 Å². The Hall–Kier alpha value is -3.03. The molecule has 0 unspecified atom stereocenters. The van der Waals surface area contributed by atoms with E-state index in [0.717, 1.165) is 17.7 Å². The Kier molecular flexibility index (Phi) is 6.87. The fraction of sp³-hybridized carbons (Fsp3) is 0.391. The highest BCUT2D eigenvalue weighted by atomic mass is 19.4. The van der Waals surface area contributed by atoms with Crippen LogP contribution in [0, 0.1) is 5.92 Å². The van der Waals surface area contributed by atoms with Crippen LogP contribution >= 0.6 is 0 Å². The van der Waals surface area contributed by atoms with Crippen molar-refractivity contribution in [3.63, 3.8) is 0 Å². The van der Waals surface area contributed by atoms with Crippen molar-refractivity contribution in [2.24, 2.45) is 5.92 Å². The fourth-order valence-corrected chi connectivity index (χ4v) is 3.77. The molecular weight excluding hydrogens is 407 g/mol. The Morgan fingerprint density at radius 1 is 1.06 bits per heavy atom. The summed E-state index contributed by atoms with van der Waals surface area (Å²) in [5, 5.41) is 5.65. The molecule has 1 saturated heterocycles. The van der Waals surface area contributed by atoms with Gasteiger partial charge >= 0.3 is 12.2 Å². The largest absolute Gasteiger partial charge is 0.416 e. The number of likely N-dealkylation sites (tertiary alicyclic amines) is 1. The fourth-order valence-electron chi connectivity index (χ4n) is 3.77. The molecule has 1 aliphatic rings. The SMILES string of the molecule is CC(C)NC(=O)N1C[C@H](C(=O)NCc2ccccc2)[C@H](c2cccc(C(F)(F)F)c2)C1. The zero-order chi connectivity index (χ0) is 22.6. The zero-order valence-corrected chi connectivity index (χ0v) is 17.4. The van der Waals surface area contributed by atoms with Crippen LogP contribution in [0.4, 0.5) is 18.0 Å². The zero-order valence-electron chi connectivity index (χ0n) is 17.4. The first-order valence-corrected chi connectivity index (χ1v) is 10.2. The Morgan fingerprint density at radius 3 is 2.42 bits per heavy atom. The van der Waals surface area contributed by atoms with Crippen LogP contribution in [0.25, 0.3) is 0 Å². The maximum Gasteiger partial charge on any atom is 0.416 e. The Morgan fingerprint density at radius 2 is 1.77 bits per heavy atom. The van der Waals surface area contributed by atoms with E-state index < -0.39 is 23.6 Å². The number of hydrogen-bond donors (Lipinski definition) is 2. The molecule has 0 bridgehead atoms. The quantitative estimate of drug-likeness (QED) is 0.744. The maximum absolute atomic E-state index is 13.2. The lowest BCUT2D eigenvalue weighted by Gasteiger charge is -2.19. The molecule has 0 radical (unpaired) electrons. The van der Waals surface area contributed by atoms with Gasteiger partial charge in [0.25, 0.3) is 0 Å². The number of amides is 3. The predicted octanol–water partition coefficient (Wildman–Crippen LogP) is 4.16. The third-order valence-corrected chi connectivity index (χ3v) is 5.31. The first-order chi connectivity index (χ1) is 14.6. The number of hydrogen-bond acceptors (Lipinski definition) is 2. The summed E-state index contributed by atoms with van der Waals surface area (Å²) in [6.07, 6.45) is -4.48. The predicted molar refractivity (Wildman–Crippen MR) is 111 cm³/mol. The van der Waals surface area contributed by atoms with Crippen LogP contribution in [-0.4, -0.2) is 36.0 Å². The molecule has 2 aromatic carbocycles. The van der Waals surface area contributed by atoms with Crippen molar-refractivity contribution in [2.75, 3.05) is 13.1 Å². The number of carbonyl (C=O) groups excluding carboxylic acids is 2. The second kappa shape index (κ2) is 9.41. The maximum atomic E-state index is 13.2. The van der Waals surface area contributed by atoms with Gasteiger partial charge in [0.05, 0.1) is 11.5 Å². The van der Waals surface area contributed by atoms with Gasteiger partial charge in [-0.3, -0.25) is 4.79 Å². The van der Waals surface area contributed by atoms with Gasteiger partial charge in [-0.15, -0.1) is 0 Å². The normalized spacial score (nSPS) is 18.8. The highest BCUT2D eigenvalue weighted by molar-refractivity contribution is 5.83. The van der Waals surface area contributed by atoms with Crippen molar-refractivity contribution < 1.29 is 22.8 Å². The molecule has 8 heteroatoms. The number of halogens is 3. The van der Waals surface area contributed by atoms with Crippen molar-refractivity contribution in [1.29, 1.82) is 0 Å². The molecule has 1 fully saturated rings. The minimum atomic E-state index is -4.48. The first kappa shape index (κ1) is 22.7. The molecule has 0 saturated carbocycles. The van der Waals surface area contributed by atoms with Gasteiger partial charge < -0.3 is 15.5 Å². The van der Waals surface area contributed by atoms with E-state index in [4.69, 9.17) is 0 Å². The smallest absolute Gasteiger partial charge is 0.352 e. The van der Waals surface area contributed by atoms with Crippen molar-refractivity contribution in [3.05, 3.63) is 71.3 Å². The molecule has 3 amide bonds. The van der Waals surface area contributed by atoms with Crippen LogP contribution in [0.5, 0.6) is 0 Å². The van der Waals surface area contributed by atoms with Crippen LogP contribution in [0.3, 0.4) is 0 Å². The average molecular weight is 433 g/mol. The molecule has 0 aromatic heterocycles. The number of nitrogens with one attached hydrogen (secondary N) is 2. The van der Waals surface area contributed by atoms with E-state index in [0.29, 0.717) is 12.1 Å². The van der Waals surface area contributed by atoms with Crippen LogP contribution in [-0.2, 0) is 17.5 Å². The van der Waals surface area contributed by atoms with E-state index >= 15 is 0 Å². The first-order valence-electron chi connectivity index (χ1n) is 10.2. The lowest BCUT2D eigenvalue weighted by molar-refractivity contribution is -0.137. The summed E-state index contributed by atoms with van der Waals surface area (Å²) < 4.78 is 39.6. The van der Waals surface area contributed by atoms with E-state index in [2.05, 4.69) is 10.6 Å². The van der Waals surface area contributed by atoms with Gasteiger partial charge in [0.2, 0.25) is 5.91 Å². The van der Waals surface area contributed by atoms with Gasteiger partial charge in [0, 0.05) is 31.6 Å².